The third-order valence-corrected chi connectivity index (χ3v) is 5.14. The van der Waals surface area contributed by atoms with Gasteiger partial charge in [0, 0.05) is 6.54 Å². The van der Waals surface area contributed by atoms with Crippen molar-refractivity contribution in [1.29, 1.82) is 0 Å². The van der Waals surface area contributed by atoms with Crippen LogP contribution in [-0.2, 0) is 16.6 Å². The molecule has 0 amide bonds. The minimum atomic E-state index is -3.50. The van der Waals surface area contributed by atoms with E-state index in [1.54, 1.807) is 25.1 Å². The molecule has 108 valence electrons. The van der Waals surface area contributed by atoms with E-state index in [1.807, 2.05) is 0 Å². The molecule has 0 heterocycles. The van der Waals surface area contributed by atoms with Crippen LogP contribution in [0.1, 0.15) is 37.8 Å². The first-order valence-electron chi connectivity index (χ1n) is 6.65. The molecule has 0 fully saturated rings. The number of nitrogens with one attached hydrogen (secondary N) is 1. The number of sulfonamides is 1. The van der Waals surface area contributed by atoms with E-state index < -0.39 is 10.0 Å². The number of aliphatic hydroxyl groups is 1. The summed E-state index contributed by atoms with van der Waals surface area (Å²) in [5.74, 6) is 0.358. The first kappa shape index (κ1) is 16.1. The zero-order valence-corrected chi connectivity index (χ0v) is 12.6. The fraction of sp³-hybridized carbons (Fsp3) is 0.571. The van der Waals surface area contributed by atoms with E-state index in [0.717, 1.165) is 12.8 Å². The first-order valence-corrected chi connectivity index (χ1v) is 8.13. The van der Waals surface area contributed by atoms with Gasteiger partial charge >= 0.3 is 0 Å². The molecular formula is C14H23NO3S. The van der Waals surface area contributed by atoms with Gasteiger partial charge in [-0.15, -0.1) is 0 Å². The fourth-order valence-corrected chi connectivity index (χ4v) is 3.41. The van der Waals surface area contributed by atoms with Crippen LogP contribution < -0.4 is 4.72 Å². The number of aliphatic hydroxyl groups excluding tert-OH is 1. The Morgan fingerprint density at radius 3 is 2.42 bits per heavy atom. The minimum Gasteiger partial charge on any atom is -0.392 e. The predicted molar refractivity (Wildman–Crippen MR) is 76.4 cm³/mol. The molecular weight excluding hydrogens is 262 g/mol. The van der Waals surface area contributed by atoms with E-state index in [-0.39, 0.29) is 11.5 Å². The third-order valence-electron chi connectivity index (χ3n) is 3.57. The van der Waals surface area contributed by atoms with Gasteiger partial charge in [0.1, 0.15) is 0 Å². The molecule has 1 rings (SSSR count). The summed E-state index contributed by atoms with van der Waals surface area (Å²) in [6.45, 7) is 6.14. The monoisotopic (exact) mass is 285 g/mol. The Labute approximate surface area is 115 Å². The zero-order valence-electron chi connectivity index (χ0n) is 11.8. The van der Waals surface area contributed by atoms with Crippen molar-refractivity contribution in [1.82, 2.24) is 4.72 Å². The summed E-state index contributed by atoms with van der Waals surface area (Å²) in [7, 11) is -3.50. The van der Waals surface area contributed by atoms with Crippen LogP contribution in [0.2, 0.25) is 0 Å². The van der Waals surface area contributed by atoms with Crippen molar-refractivity contribution in [2.45, 2.75) is 45.1 Å². The summed E-state index contributed by atoms with van der Waals surface area (Å²) >= 11 is 0. The maximum atomic E-state index is 12.3. The lowest BCUT2D eigenvalue weighted by Crippen LogP contribution is -2.29. The van der Waals surface area contributed by atoms with Gasteiger partial charge in [0.25, 0.3) is 0 Å². The van der Waals surface area contributed by atoms with E-state index in [9.17, 15) is 13.5 Å². The topological polar surface area (TPSA) is 66.4 Å². The zero-order chi connectivity index (χ0) is 14.5. The Balaban J connectivity index is 2.95. The number of hydrogen-bond donors (Lipinski definition) is 2. The molecule has 4 nitrogen and oxygen atoms in total. The van der Waals surface area contributed by atoms with Crippen molar-refractivity contribution in [2.24, 2.45) is 5.92 Å². The fourth-order valence-electron chi connectivity index (χ4n) is 2.00. The summed E-state index contributed by atoms with van der Waals surface area (Å²) < 4.78 is 27.2. The van der Waals surface area contributed by atoms with Crippen molar-refractivity contribution in [3.8, 4) is 0 Å². The molecule has 1 aromatic rings. The van der Waals surface area contributed by atoms with Crippen LogP contribution in [0.15, 0.2) is 23.1 Å². The molecule has 2 N–H and O–H groups in total. The Kier molecular flexibility index (Phi) is 5.97. The third kappa shape index (κ3) is 4.03. The molecule has 0 saturated carbocycles. The van der Waals surface area contributed by atoms with E-state index in [0.29, 0.717) is 23.6 Å². The van der Waals surface area contributed by atoms with Crippen molar-refractivity contribution in [3.05, 3.63) is 29.3 Å². The van der Waals surface area contributed by atoms with Crippen LogP contribution in [0, 0.1) is 12.8 Å². The SMILES string of the molecule is CCC(CC)CNS(=O)(=O)c1cccc(CO)c1C. The van der Waals surface area contributed by atoms with E-state index >= 15 is 0 Å². The van der Waals surface area contributed by atoms with Crippen molar-refractivity contribution in [3.63, 3.8) is 0 Å². The molecule has 0 radical (unpaired) electrons. The highest BCUT2D eigenvalue weighted by atomic mass is 32.2. The average Bonchev–Trinajstić information content (AvgIpc) is 2.40. The summed E-state index contributed by atoms with van der Waals surface area (Å²) in [6.07, 6.45) is 1.91. The summed E-state index contributed by atoms with van der Waals surface area (Å²) in [5.41, 5.74) is 1.26. The highest BCUT2D eigenvalue weighted by Gasteiger charge is 2.19. The van der Waals surface area contributed by atoms with Gasteiger partial charge < -0.3 is 5.11 Å². The second-order valence-corrected chi connectivity index (χ2v) is 6.47. The van der Waals surface area contributed by atoms with Crippen LogP contribution in [0.5, 0.6) is 0 Å². The number of rotatable bonds is 7. The lowest BCUT2D eigenvalue weighted by Gasteiger charge is -2.15. The summed E-state index contributed by atoms with van der Waals surface area (Å²) in [4.78, 5) is 0.255. The van der Waals surface area contributed by atoms with Crippen LogP contribution in [0.3, 0.4) is 0 Å². The van der Waals surface area contributed by atoms with E-state index in [1.165, 1.54) is 0 Å². The second-order valence-electron chi connectivity index (χ2n) is 4.73. The van der Waals surface area contributed by atoms with Gasteiger partial charge in [0.15, 0.2) is 0 Å². The normalized spacial score (nSPS) is 12.1. The molecule has 0 aliphatic heterocycles. The van der Waals surface area contributed by atoms with Gasteiger partial charge in [0.05, 0.1) is 11.5 Å². The molecule has 0 saturated heterocycles. The quantitative estimate of drug-likeness (QED) is 0.807. The minimum absolute atomic E-state index is 0.151. The summed E-state index contributed by atoms with van der Waals surface area (Å²) in [5, 5.41) is 9.19. The standard InChI is InChI=1S/C14H23NO3S/c1-4-12(5-2)9-15-19(17,18)14-8-6-7-13(10-16)11(14)3/h6-8,12,15-16H,4-5,9-10H2,1-3H3. The van der Waals surface area contributed by atoms with E-state index in [2.05, 4.69) is 18.6 Å². The summed E-state index contributed by atoms with van der Waals surface area (Å²) in [6, 6.07) is 4.96. The highest BCUT2D eigenvalue weighted by molar-refractivity contribution is 7.89. The van der Waals surface area contributed by atoms with Gasteiger partial charge in [-0.25, -0.2) is 13.1 Å². The number of hydrogen-bond acceptors (Lipinski definition) is 3. The molecule has 0 aliphatic carbocycles. The number of benzene rings is 1. The average molecular weight is 285 g/mol. The van der Waals surface area contributed by atoms with Crippen molar-refractivity contribution in [2.75, 3.05) is 6.54 Å². The highest BCUT2D eigenvalue weighted by Crippen LogP contribution is 2.19. The van der Waals surface area contributed by atoms with Crippen LogP contribution in [0.25, 0.3) is 0 Å². The van der Waals surface area contributed by atoms with Gasteiger partial charge in [-0.2, -0.15) is 0 Å². The second kappa shape index (κ2) is 7.03. The van der Waals surface area contributed by atoms with E-state index in [4.69, 9.17) is 0 Å². The van der Waals surface area contributed by atoms with Crippen LogP contribution in [-0.4, -0.2) is 20.1 Å². The Hall–Kier alpha value is -0.910. The Morgan fingerprint density at radius 2 is 1.89 bits per heavy atom. The molecule has 1 aromatic carbocycles. The molecule has 5 heteroatoms. The molecule has 0 unspecified atom stereocenters. The van der Waals surface area contributed by atoms with Crippen LogP contribution >= 0.6 is 0 Å². The van der Waals surface area contributed by atoms with Gasteiger partial charge in [-0.1, -0.05) is 38.8 Å². The Morgan fingerprint density at radius 1 is 1.26 bits per heavy atom. The van der Waals surface area contributed by atoms with Crippen molar-refractivity contribution >= 4 is 10.0 Å². The largest absolute Gasteiger partial charge is 0.392 e. The van der Waals surface area contributed by atoms with Gasteiger partial charge in [-0.3, -0.25) is 0 Å². The molecule has 0 aliphatic rings. The Bertz CT molecular complexity index is 507. The predicted octanol–water partition coefficient (Wildman–Crippen LogP) is 2.20. The molecule has 0 aromatic heterocycles. The molecule has 19 heavy (non-hydrogen) atoms. The maximum Gasteiger partial charge on any atom is 0.240 e. The van der Waals surface area contributed by atoms with Gasteiger partial charge in [-0.05, 0) is 30.0 Å². The van der Waals surface area contributed by atoms with Gasteiger partial charge in [0.2, 0.25) is 10.0 Å². The lowest BCUT2D eigenvalue weighted by molar-refractivity contribution is 0.280. The lowest BCUT2D eigenvalue weighted by atomic mass is 10.0. The first-order chi connectivity index (χ1) is 8.96. The maximum absolute atomic E-state index is 12.3. The molecule has 0 bridgehead atoms. The van der Waals surface area contributed by atoms with Crippen LogP contribution in [0.4, 0.5) is 0 Å². The van der Waals surface area contributed by atoms with Crippen molar-refractivity contribution < 1.29 is 13.5 Å². The molecule has 0 atom stereocenters. The molecule has 0 spiro atoms. The smallest absolute Gasteiger partial charge is 0.240 e.